The number of pyridine rings is 1. The first-order chi connectivity index (χ1) is 18.6. The lowest BCUT2D eigenvalue weighted by Crippen LogP contribution is -2.16. The molecule has 0 N–H and O–H groups in total. The fraction of sp³-hybridized carbons (Fsp3) is 0.0882. The summed E-state index contributed by atoms with van der Waals surface area (Å²) in [6, 6.07) is 38.8. The quantitative estimate of drug-likeness (QED) is 0.253. The van der Waals surface area contributed by atoms with E-state index in [0.29, 0.717) is 0 Å². The molecule has 182 valence electrons. The predicted molar refractivity (Wildman–Crippen MR) is 157 cm³/mol. The smallest absolute Gasteiger partial charge is 0.0753 e. The fourth-order valence-electron chi connectivity index (χ4n) is 6.42. The lowest BCUT2D eigenvalue weighted by molar-refractivity contribution is 0.728. The highest BCUT2D eigenvalue weighted by Crippen LogP contribution is 2.43. The highest BCUT2D eigenvalue weighted by molar-refractivity contribution is 6.14. The van der Waals surface area contributed by atoms with Crippen LogP contribution < -0.4 is 10.2 Å². The summed E-state index contributed by atoms with van der Waals surface area (Å²) in [6.07, 6.45) is 4.34. The standard InChI is InChI=1S/C34H26N4/c1-34(2)22-30-32-31-27(14-9-15-28(31)38-29(33(32)34)20-21-35-38)37(30)26-18-16-25(17-19-26)36(23-10-5-3-6-11-23)24-12-7-4-8-13-24/h3-22H,1-2H3. The van der Waals surface area contributed by atoms with Crippen LogP contribution in [0, 0.1) is 0 Å². The minimum absolute atomic E-state index is 0.0801. The van der Waals surface area contributed by atoms with Crippen molar-refractivity contribution in [2.24, 2.45) is 0 Å². The van der Waals surface area contributed by atoms with Crippen molar-refractivity contribution in [2.45, 2.75) is 19.3 Å². The van der Waals surface area contributed by atoms with Crippen LogP contribution in [-0.2, 0) is 5.41 Å². The van der Waals surface area contributed by atoms with Gasteiger partial charge in [0.05, 0.1) is 28.1 Å². The van der Waals surface area contributed by atoms with Crippen LogP contribution in [0.5, 0.6) is 0 Å². The topological polar surface area (TPSA) is 25.5 Å². The number of rotatable bonds is 4. The van der Waals surface area contributed by atoms with Crippen molar-refractivity contribution in [2.75, 3.05) is 4.90 Å². The second-order valence-corrected chi connectivity index (χ2v) is 10.7. The number of para-hydroxylation sites is 2. The van der Waals surface area contributed by atoms with Crippen molar-refractivity contribution in [3.8, 4) is 5.69 Å². The van der Waals surface area contributed by atoms with Crippen molar-refractivity contribution >= 4 is 50.5 Å². The second kappa shape index (κ2) is 7.59. The second-order valence-electron chi connectivity index (χ2n) is 10.7. The van der Waals surface area contributed by atoms with E-state index in [0.717, 1.165) is 28.3 Å². The minimum Gasteiger partial charge on any atom is -0.311 e. The average molecular weight is 491 g/mol. The molecule has 3 heterocycles. The van der Waals surface area contributed by atoms with Gasteiger partial charge in [-0.3, -0.25) is 0 Å². The van der Waals surface area contributed by atoms with E-state index in [1.165, 1.54) is 32.7 Å². The molecule has 4 heteroatoms. The summed E-state index contributed by atoms with van der Waals surface area (Å²) in [4.78, 5) is 2.30. The van der Waals surface area contributed by atoms with Gasteiger partial charge in [-0.1, -0.05) is 56.3 Å². The summed E-state index contributed by atoms with van der Waals surface area (Å²) in [5.41, 5.74) is 9.41. The summed E-state index contributed by atoms with van der Waals surface area (Å²) in [5, 5.41) is 8.62. The van der Waals surface area contributed by atoms with Crippen molar-refractivity contribution in [1.29, 1.82) is 0 Å². The molecule has 8 rings (SSSR count). The van der Waals surface area contributed by atoms with Crippen LogP contribution in [-0.4, -0.2) is 14.2 Å². The number of hydrogen-bond acceptors (Lipinski definition) is 2. The van der Waals surface area contributed by atoms with Crippen LogP contribution in [0.4, 0.5) is 17.1 Å². The van der Waals surface area contributed by atoms with Crippen LogP contribution in [0.2, 0.25) is 0 Å². The van der Waals surface area contributed by atoms with Gasteiger partial charge >= 0.3 is 0 Å². The molecule has 3 aromatic heterocycles. The Morgan fingerprint density at radius 3 is 1.92 bits per heavy atom. The molecule has 4 nitrogen and oxygen atoms in total. The highest BCUT2D eigenvalue weighted by Gasteiger charge is 2.33. The summed E-state index contributed by atoms with van der Waals surface area (Å²) >= 11 is 0. The molecule has 0 spiro atoms. The maximum absolute atomic E-state index is 4.71. The fourth-order valence-corrected chi connectivity index (χ4v) is 6.42. The third kappa shape index (κ3) is 2.83. The first-order valence-electron chi connectivity index (χ1n) is 13.1. The van der Waals surface area contributed by atoms with Gasteiger partial charge in [0, 0.05) is 38.9 Å². The van der Waals surface area contributed by atoms with Gasteiger partial charge in [-0.2, -0.15) is 5.10 Å². The van der Waals surface area contributed by atoms with Gasteiger partial charge in [-0.05, 0) is 78.4 Å². The number of benzene rings is 4. The number of fused-ring (bicyclic) bond motifs is 3. The Morgan fingerprint density at radius 1 is 0.605 bits per heavy atom. The molecular weight excluding hydrogens is 464 g/mol. The van der Waals surface area contributed by atoms with E-state index in [1.54, 1.807) is 0 Å². The first-order valence-corrected chi connectivity index (χ1v) is 13.1. The zero-order valence-electron chi connectivity index (χ0n) is 21.3. The highest BCUT2D eigenvalue weighted by atomic mass is 15.2. The number of hydrogen-bond donors (Lipinski definition) is 0. The maximum atomic E-state index is 4.71. The van der Waals surface area contributed by atoms with Crippen molar-refractivity contribution in [3.63, 3.8) is 0 Å². The van der Waals surface area contributed by atoms with Crippen molar-refractivity contribution < 1.29 is 0 Å². The van der Waals surface area contributed by atoms with Crippen LogP contribution in [0.1, 0.15) is 19.4 Å². The molecule has 0 atom stereocenters. The molecule has 0 aliphatic heterocycles. The van der Waals surface area contributed by atoms with Crippen molar-refractivity contribution in [1.82, 2.24) is 14.2 Å². The van der Waals surface area contributed by atoms with E-state index >= 15 is 0 Å². The summed E-state index contributed by atoms with van der Waals surface area (Å²) in [5.74, 6) is 0. The lowest BCUT2D eigenvalue weighted by atomic mass is 9.86. The Morgan fingerprint density at radius 2 is 1.24 bits per heavy atom. The summed E-state index contributed by atoms with van der Waals surface area (Å²) < 4.78 is 4.54. The Labute approximate surface area is 220 Å². The molecule has 0 fully saturated rings. The largest absolute Gasteiger partial charge is 0.311 e. The molecule has 0 amide bonds. The Bertz CT molecular complexity index is 1990. The average Bonchev–Trinajstić information content (AvgIpc) is 3.62. The zero-order chi connectivity index (χ0) is 25.4. The van der Waals surface area contributed by atoms with E-state index in [9.17, 15) is 0 Å². The van der Waals surface area contributed by atoms with Crippen LogP contribution in [0.15, 0.2) is 115 Å². The molecule has 7 aromatic rings. The molecule has 1 aliphatic carbocycles. The Kier molecular flexibility index (Phi) is 4.25. The van der Waals surface area contributed by atoms with E-state index in [2.05, 4.69) is 143 Å². The zero-order valence-corrected chi connectivity index (χ0v) is 21.3. The molecular formula is C34H26N4. The van der Waals surface area contributed by atoms with Gasteiger partial charge in [0.15, 0.2) is 0 Å². The first kappa shape index (κ1) is 21.3. The predicted octanol–water partition coefficient (Wildman–Crippen LogP) is 7.69. The van der Waals surface area contributed by atoms with Gasteiger partial charge in [0.2, 0.25) is 0 Å². The summed E-state index contributed by atoms with van der Waals surface area (Å²) in [6.45, 7) is 4.62. The number of nitrogens with zero attached hydrogens (tertiary/aromatic N) is 4. The molecule has 0 saturated carbocycles. The van der Waals surface area contributed by atoms with E-state index in [-0.39, 0.29) is 5.41 Å². The van der Waals surface area contributed by atoms with Crippen LogP contribution >= 0.6 is 0 Å². The third-order valence-electron chi connectivity index (χ3n) is 7.92. The molecule has 0 saturated heterocycles. The molecule has 0 radical (unpaired) electrons. The number of anilines is 3. The molecule has 0 bridgehead atoms. The molecule has 1 aliphatic rings. The maximum Gasteiger partial charge on any atom is 0.0753 e. The minimum atomic E-state index is -0.0801. The van der Waals surface area contributed by atoms with Crippen LogP contribution in [0.25, 0.3) is 39.1 Å². The van der Waals surface area contributed by atoms with Gasteiger partial charge in [-0.25, -0.2) is 4.52 Å². The Balaban J connectivity index is 1.36. The van der Waals surface area contributed by atoms with Crippen LogP contribution in [0.3, 0.4) is 0 Å². The van der Waals surface area contributed by atoms with Crippen molar-refractivity contribution in [3.05, 3.63) is 126 Å². The monoisotopic (exact) mass is 490 g/mol. The normalized spacial score (nSPS) is 13.9. The SMILES string of the molecule is CC1(C)C=c2c3c1c1ccnn1c1cccc(c31)n2-c1ccc(N(c2ccccc2)c2ccccc2)cc1. The molecule has 0 unspecified atom stereocenters. The Hall–Kier alpha value is -4.83. The van der Waals surface area contributed by atoms with Gasteiger partial charge in [0.25, 0.3) is 0 Å². The van der Waals surface area contributed by atoms with Gasteiger partial charge in [-0.15, -0.1) is 0 Å². The van der Waals surface area contributed by atoms with Gasteiger partial charge in [0.1, 0.15) is 0 Å². The lowest BCUT2D eigenvalue weighted by Gasteiger charge is -2.25. The third-order valence-corrected chi connectivity index (χ3v) is 7.92. The molecule has 4 aromatic carbocycles. The van der Waals surface area contributed by atoms with E-state index < -0.39 is 0 Å². The number of aromatic nitrogens is 3. The van der Waals surface area contributed by atoms with Gasteiger partial charge < -0.3 is 9.47 Å². The molecule has 38 heavy (non-hydrogen) atoms. The van der Waals surface area contributed by atoms with E-state index in [1.807, 2.05) is 6.20 Å². The van der Waals surface area contributed by atoms with E-state index in [4.69, 9.17) is 5.10 Å². The summed E-state index contributed by atoms with van der Waals surface area (Å²) in [7, 11) is 0.